The van der Waals surface area contributed by atoms with Gasteiger partial charge in [0.05, 0.1) is 6.61 Å². The second-order valence-electron chi connectivity index (χ2n) is 4.18. The zero-order valence-electron chi connectivity index (χ0n) is 9.77. The Kier molecular flexibility index (Phi) is 4.50. The van der Waals surface area contributed by atoms with Crippen LogP contribution in [0.15, 0.2) is 0 Å². The fourth-order valence-electron chi connectivity index (χ4n) is 1.73. The van der Waals surface area contributed by atoms with Gasteiger partial charge in [-0.15, -0.1) is 0 Å². The summed E-state index contributed by atoms with van der Waals surface area (Å²) in [4.78, 5) is 15.9. The van der Waals surface area contributed by atoms with E-state index < -0.39 is 6.04 Å². The highest BCUT2D eigenvalue weighted by atomic mass is 16.5. The predicted octanol–water partition coefficient (Wildman–Crippen LogP) is -0.877. The van der Waals surface area contributed by atoms with Gasteiger partial charge in [0.15, 0.2) is 0 Å². The summed E-state index contributed by atoms with van der Waals surface area (Å²) >= 11 is 0. The summed E-state index contributed by atoms with van der Waals surface area (Å²) in [5.74, 6) is -0.00296. The Balaban J connectivity index is 2.47. The molecule has 0 saturated carbocycles. The topological polar surface area (TPSA) is 58.8 Å². The fourth-order valence-corrected chi connectivity index (χ4v) is 1.73. The molecule has 5 heteroatoms. The first-order valence-corrected chi connectivity index (χ1v) is 5.29. The minimum atomic E-state index is -0.523. The highest BCUT2D eigenvalue weighted by Crippen LogP contribution is 2.07. The summed E-state index contributed by atoms with van der Waals surface area (Å²) in [7, 11) is 3.63. The molecule has 0 aromatic carbocycles. The summed E-state index contributed by atoms with van der Waals surface area (Å²) in [6.45, 7) is 4.83. The number of rotatable bonds is 3. The fraction of sp³-hybridized carbons (Fsp3) is 0.900. The van der Waals surface area contributed by atoms with E-state index in [1.54, 1.807) is 7.11 Å². The number of piperazine rings is 1. The first kappa shape index (κ1) is 12.4. The summed E-state index contributed by atoms with van der Waals surface area (Å²) < 4.78 is 4.88. The van der Waals surface area contributed by atoms with Crippen molar-refractivity contribution in [2.24, 2.45) is 5.73 Å². The standard InChI is InChI=1S/C10H21N3O2/c1-8-6-13(5-4-12(8)2)10(14)9(11)7-15-3/h8-9H,4-7,11H2,1-3H3. The Hall–Kier alpha value is -0.650. The molecular formula is C10H21N3O2. The lowest BCUT2D eigenvalue weighted by Crippen LogP contribution is -2.56. The molecule has 1 amide bonds. The zero-order valence-corrected chi connectivity index (χ0v) is 9.77. The Morgan fingerprint density at radius 2 is 2.27 bits per heavy atom. The summed E-state index contributed by atoms with van der Waals surface area (Å²) in [6, 6.07) is -0.122. The molecular weight excluding hydrogens is 194 g/mol. The molecule has 0 radical (unpaired) electrons. The first-order chi connectivity index (χ1) is 7.06. The van der Waals surface area contributed by atoms with Crippen LogP contribution in [0.2, 0.25) is 0 Å². The van der Waals surface area contributed by atoms with Crippen molar-refractivity contribution >= 4 is 5.91 Å². The Morgan fingerprint density at radius 3 is 2.80 bits per heavy atom. The molecule has 1 fully saturated rings. The quantitative estimate of drug-likeness (QED) is 0.664. The maximum absolute atomic E-state index is 11.8. The van der Waals surface area contributed by atoms with Crippen LogP contribution in [0.5, 0.6) is 0 Å². The van der Waals surface area contributed by atoms with Gasteiger partial charge in [-0.25, -0.2) is 0 Å². The van der Waals surface area contributed by atoms with Gasteiger partial charge < -0.3 is 20.3 Å². The molecule has 1 rings (SSSR count). The third-order valence-electron chi connectivity index (χ3n) is 2.93. The van der Waals surface area contributed by atoms with Crippen molar-refractivity contribution in [1.29, 1.82) is 0 Å². The third-order valence-corrected chi connectivity index (χ3v) is 2.93. The van der Waals surface area contributed by atoms with Crippen LogP contribution in [0.4, 0.5) is 0 Å². The highest BCUT2D eigenvalue weighted by molar-refractivity contribution is 5.81. The second-order valence-corrected chi connectivity index (χ2v) is 4.18. The Morgan fingerprint density at radius 1 is 1.60 bits per heavy atom. The molecule has 1 heterocycles. The zero-order chi connectivity index (χ0) is 11.4. The molecule has 0 aromatic rings. The smallest absolute Gasteiger partial charge is 0.241 e. The number of hydrogen-bond donors (Lipinski definition) is 1. The van der Waals surface area contributed by atoms with E-state index in [-0.39, 0.29) is 5.91 Å². The molecule has 0 bridgehead atoms. The molecule has 1 aliphatic rings. The maximum atomic E-state index is 11.8. The lowest BCUT2D eigenvalue weighted by Gasteiger charge is -2.38. The van der Waals surface area contributed by atoms with Crippen LogP contribution in [0, 0.1) is 0 Å². The van der Waals surface area contributed by atoms with Crippen molar-refractivity contribution in [3.63, 3.8) is 0 Å². The molecule has 2 atom stereocenters. The number of ether oxygens (including phenoxy) is 1. The number of carbonyl (C=O) groups is 1. The van der Waals surface area contributed by atoms with Crippen molar-refractivity contribution in [2.75, 3.05) is 40.4 Å². The van der Waals surface area contributed by atoms with E-state index in [1.165, 1.54) is 0 Å². The Labute approximate surface area is 91.2 Å². The molecule has 88 valence electrons. The molecule has 5 nitrogen and oxygen atoms in total. The largest absolute Gasteiger partial charge is 0.383 e. The number of likely N-dealkylation sites (N-methyl/N-ethyl adjacent to an activating group) is 1. The number of nitrogens with zero attached hydrogens (tertiary/aromatic N) is 2. The van der Waals surface area contributed by atoms with Gasteiger partial charge in [0, 0.05) is 32.8 Å². The van der Waals surface area contributed by atoms with Gasteiger partial charge in [-0.1, -0.05) is 0 Å². The van der Waals surface area contributed by atoms with E-state index in [2.05, 4.69) is 18.9 Å². The molecule has 2 N–H and O–H groups in total. The lowest BCUT2D eigenvalue weighted by atomic mass is 10.2. The average molecular weight is 215 g/mol. The number of hydrogen-bond acceptors (Lipinski definition) is 4. The third kappa shape index (κ3) is 3.15. The van der Waals surface area contributed by atoms with Crippen LogP contribution in [0.1, 0.15) is 6.92 Å². The van der Waals surface area contributed by atoms with Crippen LogP contribution in [0.25, 0.3) is 0 Å². The maximum Gasteiger partial charge on any atom is 0.241 e. The minimum Gasteiger partial charge on any atom is -0.383 e. The number of amides is 1. The number of carbonyl (C=O) groups excluding carboxylic acids is 1. The monoisotopic (exact) mass is 215 g/mol. The second kappa shape index (κ2) is 5.44. The van der Waals surface area contributed by atoms with Crippen LogP contribution in [0.3, 0.4) is 0 Å². The van der Waals surface area contributed by atoms with Crippen molar-refractivity contribution in [2.45, 2.75) is 19.0 Å². The van der Waals surface area contributed by atoms with E-state index >= 15 is 0 Å². The van der Waals surface area contributed by atoms with Crippen molar-refractivity contribution in [1.82, 2.24) is 9.80 Å². The van der Waals surface area contributed by atoms with Crippen molar-refractivity contribution in [3.8, 4) is 0 Å². The molecule has 0 aromatic heterocycles. The lowest BCUT2D eigenvalue weighted by molar-refractivity contribution is -0.136. The SMILES string of the molecule is COCC(N)C(=O)N1CCN(C)C(C)C1. The van der Waals surface area contributed by atoms with E-state index in [4.69, 9.17) is 10.5 Å². The van der Waals surface area contributed by atoms with Gasteiger partial charge in [0.25, 0.3) is 0 Å². The van der Waals surface area contributed by atoms with E-state index in [1.807, 2.05) is 4.90 Å². The van der Waals surface area contributed by atoms with Gasteiger partial charge in [-0.05, 0) is 14.0 Å². The van der Waals surface area contributed by atoms with Gasteiger partial charge in [-0.3, -0.25) is 4.79 Å². The Bertz CT molecular complexity index is 223. The van der Waals surface area contributed by atoms with Crippen LogP contribution in [-0.2, 0) is 9.53 Å². The molecule has 1 saturated heterocycles. The molecule has 1 aliphatic heterocycles. The van der Waals surface area contributed by atoms with Gasteiger partial charge in [0.2, 0.25) is 5.91 Å². The van der Waals surface area contributed by atoms with E-state index in [0.29, 0.717) is 12.6 Å². The molecule has 15 heavy (non-hydrogen) atoms. The predicted molar refractivity (Wildman–Crippen MR) is 58.5 cm³/mol. The van der Waals surface area contributed by atoms with E-state index in [9.17, 15) is 4.79 Å². The normalized spacial score (nSPS) is 25.3. The molecule has 0 spiro atoms. The summed E-state index contributed by atoms with van der Waals surface area (Å²) in [5, 5.41) is 0. The van der Waals surface area contributed by atoms with Crippen molar-refractivity contribution < 1.29 is 9.53 Å². The van der Waals surface area contributed by atoms with Gasteiger partial charge >= 0.3 is 0 Å². The van der Waals surface area contributed by atoms with Crippen LogP contribution in [-0.4, -0.2) is 68.2 Å². The summed E-state index contributed by atoms with van der Waals surface area (Å²) in [5.41, 5.74) is 5.71. The average Bonchev–Trinajstić information content (AvgIpc) is 2.21. The van der Waals surface area contributed by atoms with Crippen molar-refractivity contribution in [3.05, 3.63) is 0 Å². The highest BCUT2D eigenvalue weighted by Gasteiger charge is 2.27. The van der Waals surface area contributed by atoms with E-state index in [0.717, 1.165) is 19.6 Å². The van der Waals surface area contributed by atoms with Crippen LogP contribution < -0.4 is 5.73 Å². The van der Waals surface area contributed by atoms with Gasteiger partial charge in [-0.2, -0.15) is 0 Å². The van der Waals surface area contributed by atoms with Crippen LogP contribution >= 0.6 is 0 Å². The number of methoxy groups -OCH3 is 1. The molecule has 2 unspecified atom stereocenters. The first-order valence-electron chi connectivity index (χ1n) is 5.29. The summed E-state index contributed by atoms with van der Waals surface area (Å²) in [6.07, 6.45) is 0. The van der Waals surface area contributed by atoms with Gasteiger partial charge in [0.1, 0.15) is 6.04 Å². The minimum absolute atomic E-state index is 0.00296. The number of nitrogens with two attached hydrogens (primary N) is 1. The molecule has 0 aliphatic carbocycles.